The van der Waals surface area contributed by atoms with Gasteiger partial charge in [0.2, 0.25) is 0 Å². The van der Waals surface area contributed by atoms with Gasteiger partial charge in [-0.25, -0.2) is 0 Å². The van der Waals surface area contributed by atoms with Crippen LogP contribution in [-0.4, -0.2) is 11.6 Å². The largest absolute Gasteiger partial charge is 1.00 e. The zero-order valence-corrected chi connectivity index (χ0v) is 24.4. The molecule has 2 aromatic carbocycles. The minimum Gasteiger partial charge on any atom is -0.875 e. The number of aryl methyl sites for hydroxylation is 1. The van der Waals surface area contributed by atoms with E-state index in [1.165, 1.54) is 11.1 Å². The van der Waals surface area contributed by atoms with E-state index in [0.717, 1.165) is 24.0 Å². The summed E-state index contributed by atoms with van der Waals surface area (Å²) >= 11 is 0. The van der Waals surface area contributed by atoms with Crippen molar-refractivity contribution in [1.29, 1.82) is 0 Å². The van der Waals surface area contributed by atoms with Crippen LogP contribution in [0, 0.1) is 6.92 Å². The van der Waals surface area contributed by atoms with Gasteiger partial charge in [0.25, 0.3) is 0 Å². The molecule has 1 atom stereocenters. The summed E-state index contributed by atoms with van der Waals surface area (Å²) in [5.74, 6) is 0.255. The zero-order valence-electron chi connectivity index (χ0n) is 21.3. The molecule has 170 valence electrons. The van der Waals surface area contributed by atoms with E-state index >= 15 is 0 Å². The fourth-order valence-electron chi connectivity index (χ4n) is 4.91. The second-order valence-corrected chi connectivity index (χ2v) is 9.56. The molecule has 0 aromatic heterocycles. The SMILES string of the molecule is CC.Cc1cc2c(cc1C(=O)c1ccc(C3=C([O-])CCCC3=O)cc1)C(C)CCC2(C)C.[K+]. The topological polar surface area (TPSA) is 57.2 Å². The van der Waals surface area contributed by atoms with E-state index < -0.39 is 0 Å². The molecule has 1 unspecified atom stereocenters. The summed E-state index contributed by atoms with van der Waals surface area (Å²) < 4.78 is 0. The van der Waals surface area contributed by atoms with Crippen molar-refractivity contribution in [3.05, 3.63) is 75.5 Å². The van der Waals surface area contributed by atoms with Gasteiger partial charge in [-0.3, -0.25) is 9.59 Å². The molecule has 33 heavy (non-hydrogen) atoms. The third-order valence-corrected chi connectivity index (χ3v) is 6.90. The minimum atomic E-state index is -0.0903. The average Bonchev–Trinajstić information content (AvgIpc) is 2.78. The molecular weight excluding hydrogens is 435 g/mol. The zero-order chi connectivity index (χ0) is 23.6. The van der Waals surface area contributed by atoms with Gasteiger partial charge in [-0.15, -0.1) is 5.76 Å². The monoisotopic (exact) mass is 470 g/mol. The van der Waals surface area contributed by atoms with Crippen LogP contribution in [0.1, 0.15) is 111 Å². The summed E-state index contributed by atoms with van der Waals surface area (Å²) in [7, 11) is 0. The molecule has 0 bridgehead atoms. The van der Waals surface area contributed by atoms with Crippen LogP contribution >= 0.6 is 0 Å². The van der Waals surface area contributed by atoms with Gasteiger partial charge in [0.15, 0.2) is 11.6 Å². The van der Waals surface area contributed by atoms with Gasteiger partial charge in [-0.1, -0.05) is 65.0 Å². The number of fused-ring (bicyclic) bond motifs is 1. The van der Waals surface area contributed by atoms with E-state index in [1.54, 1.807) is 24.3 Å². The number of rotatable bonds is 3. The first-order chi connectivity index (χ1) is 15.2. The molecule has 3 nitrogen and oxygen atoms in total. The fraction of sp³-hybridized carbons (Fsp3) is 0.448. The Bertz CT molecular complexity index is 1060. The number of carbonyl (C=O) groups excluding carboxylic acids is 2. The summed E-state index contributed by atoms with van der Waals surface area (Å²) in [5, 5.41) is 12.2. The van der Waals surface area contributed by atoms with Crippen LogP contribution in [0.2, 0.25) is 0 Å². The standard InChI is InChI=1S/C27H30O3.C2H6.K/c1-16-12-13-27(3,4)22-14-17(2)21(15-20(16)22)26(30)19-10-8-18(9-11-19)25-23(28)6-5-7-24(25)29;1-2;/h8-11,14-16,28H,5-7,12-13H2,1-4H3;1-2H3;/q;;+1/p-1. The number of benzene rings is 2. The van der Waals surface area contributed by atoms with Crippen molar-refractivity contribution in [1.82, 2.24) is 0 Å². The maximum Gasteiger partial charge on any atom is 1.00 e. The van der Waals surface area contributed by atoms with Gasteiger partial charge in [-0.05, 0) is 72.3 Å². The van der Waals surface area contributed by atoms with Gasteiger partial charge < -0.3 is 5.11 Å². The molecule has 0 fully saturated rings. The number of ketones is 2. The third kappa shape index (κ3) is 5.79. The summed E-state index contributed by atoms with van der Waals surface area (Å²) in [6.07, 6.45) is 3.76. The Balaban J connectivity index is 0.00000125. The average molecular weight is 471 g/mol. The summed E-state index contributed by atoms with van der Waals surface area (Å²) in [4.78, 5) is 25.5. The van der Waals surface area contributed by atoms with Gasteiger partial charge >= 0.3 is 51.4 Å². The number of hydrogen-bond acceptors (Lipinski definition) is 3. The third-order valence-electron chi connectivity index (χ3n) is 6.90. The van der Waals surface area contributed by atoms with Crippen molar-refractivity contribution >= 4 is 17.1 Å². The van der Waals surface area contributed by atoms with Gasteiger partial charge in [0.05, 0.1) is 0 Å². The van der Waals surface area contributed by atoms with Gasteiger partial charge in [-0.2, -0.15) is 0 Å². The normalized spacial score (nSPS) is 19.1. The van der Waals surface area contributed by atoms with Crippen molar-refractivity contribution in [2.45, 2.75) is 85.0 Å². The Kier molecular flexibility index (Phi) is 9.90. The molecule has 0 saturated heterocycles. The Hall–Kier alpha value is -1.04. The van der Waals surface area contributed by atoms with Crippen LogP contribution < -0.4 is 56.5 Å². The molecule has 0 heterocycles. The molecule has 4 heteroatoms. The predicted octanol–water partition coefficient (Wildman–Crippen LogP) is 3.26. The second kappa shape index (κ2) is 11.6. The molecule has 0 saturated carbocycles. The van der Waals surface area contributed by atoms with Crippen molar-refractivity contribution < 1.29 is 66.1 Å². The van der Waals surface area contributed by atoms with E-state index in [9.17, 15) is 14.7 Å². The Morgan fingerprint density at radius 3 is 2.30 bits per heavy atom. The molecule has 2 aromatic rings. The van der Waals surface area contributed by atoms with E-state index in [-0.39, 0.29) is 74.1 Å². The van der Waals surface area contributed by atoms with E-state index in [0.29, 0.717) is 41.9 Å². The Morgan fingerprint density at radius 1 is 1.06 bits per heavy atom. The predicted molar refractivity (Wildman–Crippen MR) is 129 cm³/mol. The van der Waals surface area contributed by atoms with Gasteiger partial charge in [0, 0.05) is 23.1 Å². The number of allylic oxidation sites excluding steroid dienone is 2. The van der Waals surface area contributed by atoms with E-state index in [1.807, 2.05) is 20.8 Å². The number of hydrogen-bond donors (Lipinski definition) is 0. The van der Waals surface area contributed by atoms with Gasteiger partial charge in [0.1, 0.15) is 0 Å². The molecule has 0 radical (unpaired) electrons. The van der Waals surface area contributed by atoms with E-state index in [2.05, 4.69) is 32.9 Å². The maximum atomic E-state index is 13.3. The molecule has 0 aliphatic heterocycles. The molecule has 2 aliphatic rings. The molecule has 0 amide bonds. The van der Waals surface area contributed by atoms with Crippen LogP contribution in [-0.2, 0) is 10.2 Å². The first-order valence-corrected chi connectivity index (χ1v) is 11.9. The molecule has 0 spiro atoms. The summed E-state index contributed by atoms with van der Waals surface area (Å²) in [5.41, 5.74) is 6.01. The van der Waals surface area contributed by atoms with Crippen LogP contribution in [0.5, 0.6) is 0 Å². The molecular formula is C29H35KO3. The molecule has 2 aliphatic carbocycles. The quantitative estimate of drug-likeness (QED) is 0.511. The Morgan fingerprint density at radius 2 is 1.70 bits per heavy atom. The van der Waals surface area contributed by atoms with Crippen LogP contribution in [0.4, 0.5) is 0 Å². The Labute approximate surface area is 241 Å². The first-order valence-electron chi connectivity index (χ1n) is 11.9. The summed E-state index contributed by atoms with van der Waals surface area (Å²) in [6.45, 7) is 12.8. The second-order valence-electron chi connectivity index (χ2n) is 9.56. The minimum absolute atomic E-state index is 0. The molecule has 0 N–H and O–H groups in total. The maximum absolute atomic E-state index is 13.3. The fourth-order valence-corrected chi connectivity index (χ4v) is 4.91. The smallest absolute Gasteiger partial charge is 0.875 e. The van der Waals surface area contributed by atoms with E-state index in [4.69, 9.17) is 0 Å². The van der Waals surface area contributed by atoms with Crippen LogP contribution in [0.3, 0.4) is 0 Å². The van der Waals surface area contributed by atoms with Crippen LogP contribution in [0.25, 0.3) is 5.57 Å². The van der Waals surface area contributed by atoms with Crippen molar-refractivity contribution in [3.8, 4) is 0 Å². The number of carbonyl (C=O) groups is 2. The molecule has 4 rings (SSSR count). The summed E-state index contributed by atoms with van der Waals surface area (Å²) in [6, 6.07) is 11.3. The first kappa shape index (κ1) is 28.2. The van der Waals surface area contributed by atoms with Crippen molar-refractivity contribution in [3.63, 3.8) is 0 Å². The van der Waals surface area contributed by atoms with Crippen molar-refractivity contribution in [2.75, 3.05) is 0 Å². The van der Waals surface area contributed by atoms with Crippen LogP contribution in [0.15, 0.2) is 42.2 Å². The van der Waals surface area contributed by atoms with Crippen molar-refractivity contribution in [2.24, 2.45) is 0 Å². The number of Topliss-reactive ketones (excluding diaryl/α,β-unsaturated/α-hetero) is 1.